The monoisotopic (exact) mass is 249 g/mol. The highest BCUT2D eigenvalue weighted by Gasteiger charge is 2.17. The second kappa shape index (κ2) is 6.71. The van der Waals surface area contributed by atoms with Crippen LogP contribution in [0, 0.1) is 0 Å². The van der Waals surface area contributed by atoms with Gasteiger partial charge in [0.15, 0.2) is 0 Å². The van der Waals surface area contributed by atoms with E-state index in [9.17, 15) is 0 Å². The Hall–Kier alpha value is -1.13. The molecule has 0 spiro atoms. The lowest BCUT2D eigenvalue weighted by Crippen LogP contribution is -2.28. The maximum Gasteiger partial charge on any atom is 0.130 e. The van der Waals surface area contributed by atoms with E-state index in [0.29, 0.717) is 6.10 Å². The number of hydrogen-bond donors (Lipinski definition) is 1. The van der Waals surface area contributed by atoms with E-state index in [1.165, 1.54) is 18.4 Å². The Morgan fingerprint density at radius 2 is 2.44 bits per heavy atom. The van der Waals surface area contributed by atoms with Gasteiger partial charge in [0.1, 0.15) is 5.82 Å². The Morgan fingerprint density at radius 1 is 1.56 bits per heavy atom. The van der Waals surface area contributed by atoms with Crippen LogP contribution in [0.15, 0.2) is 18.3 Å². The number of nitrogens with zero attached hydrogens (tertiary/aromatic N) is 2. The first-order valence-corrected chi connectivity index (χ1v) is 6.77. The minimum Gasteiger partial charge on any atom is -0.377 e. The molecule has 1 unspecified atom stereocenters. The molecule has 1 aliphatic heterocycles. The van der Waals surface area contributed by atoms with Gasteiger partial charge in [-0.2, -0.15) is 0 Å². The van der Waals surface area contributed by atoms with Crippen molar-refractivity contribution in [3.05, 3.63) is 23.9 Å². The fourth-order valence-corrected chi connectivity index (χ4v) is 2.38. The van der Waals surface area contributed by atoms with Crippen LogP contribution in [0.5, 0.6) is 0 Å². The van der Waals surface area contributed by atoms with Gasteiger partial charge in [0.25, 0.3) is 0 Å². The van der Waals surface area contributed by atoms with E-state index < -0.39 is 0 Å². The van der Waals surface area contributed by atoms with Crippen molar-refractivity contribution in [2.45, 2.75) is 32.4 Å². The lowest BCUT2D eigenvalue weighted by atomic mass is 10.2. The van der Waals surface area contributed by atoms with Gasteiger partial charge >= 0.3 is 0 Å². The van der Waals surface area contributed by atoms with Crippen molar-refractivity contribution in [2.24, 2.45) is 0 Å². The fourth-order valence-electron chi connectivity index (χ4n) is 2.38. The van der Waals surface area contributed by atoms with E-state index in [0.717, 1.165) is 32.1 Å². The summed E-state index contributed by atoms with van der Waals surface area (Å²) in [6, 6.07) is 4.13. The molecule has 4 heteroatoms. The fraction of sp³-hybridized carbons (Fsp3) is 0.643. The van der Waals surface area contributed by atoms with Crippen LogP contribution in [0.3, 0.4) is 0 Å². The van der Waals surface area contributed by atoms with Gasteiger partial charge in [0.05, 0.1) is 6.10 Å². The van der Waals surface area contributed by atoms with Crippen molar-refractivity contribution < 1.29 is 4.74 Å². The summed E-state index contributed by atoms with van der Waals surface area (Å²) < 4.78 is 5.67. The highest BCUT2D eigenvalue weighted by Crippen LogP contribution is 2.16. The quantitative estimate of drug-likeness (QED) is 0.838. The van der Waals surface area contributed by atoms with E-state index in [1.54, 1.807) is 0 Å². The lowest BCUT2D eigenvalue weighted by molar-refractivity contribution is 0.0793. The maximum absolute atomic E-state index is 5.67. The summed E-state index contributed by atoms with van der Waals surface area (Å²) in [5.41, 5.74) is 1.25. The number of nitrogens with one attached hydrogen (secondary N) is 1. The van der Waals surface area contributed by atoms with Crippen LogP contribution in [0.2, 0.25) is 0 Å². The molecule has 1 aromatic rings. The number of hydrogen-bond acceptors (Lipinski definition) is 4. The number of anilines is 1. The van der Waals surface area contributed by atoms with Crippen LogP contribution < -0.4 is 5.32 Å². The lowest BCUT2D eigenvalue weighted by Gasteiger charge is -2.21. The first kappa shape index (κ1) is 13.3. The van der Waals surface area contributed by atoms with E-state index >= 15 is 0 Å². The summed E-state index contributed by atoms with van der Waals surface area (Å²) in [4.78, 5) is 6.70. The van der Waals surface area contributed by atoms with Crippen molar-refractivity contribution in [2.75, 3.05) is 32.1 Å². The molecule has 2 heterocycles. The van der Waals surface area contributed by atoms with Crippen molar-refractivity contribution in [3.8, 4) is 0 Å². The van der Waals surface area contributed by atoms with Gasteiger partial charge < -0.3 is 10.1 Å². The van der Waals surface area contributed by atoms with Crippen molar-refractivity contribution >= 4 is 5.82 Å². The standard InChI is InChI=1S/C14H23N3O/c1-3-15-14-12(6-4-8-16-14)10-17(2)11-13-7-5-9-18-13/h4,6,8,13H,3,5,7,9-11H2,1-2H3,(H,15,16). The zero-order valence-corrected chi connectivity index (χ0v) is 11.4. The molecule has 0 bridgehead atoms. The van der Waals surface area contributed by atoms with Crippen LogP contribution in [0.1, 0.15) is 25.3 Å². The van der Waals surface area contributed by atoms with Gasteiger partial charge in [-0.25, -0.2) is 4.98 Å². The summed E-state index contributed by atoms with van der Waals surface area (Å²) in [5.74, 6) is 0.999. The first-order valence-electron chi connectivity index (χ1n) is 6.77. The molecule has 1 atom stereocenters. The molecule has 18 heavy (non-hydrogen) atoms. The number of likely N-dealkylation sites (N-methyl/N-ethyl adjacent to an activating group) is 1. The van der Waals surface area contributed by atoms with E-state index in [-0.39, 0.29) is 0 Å². The van der Waals surface area contributed by atoms with Crippen LogP contribution in [-0.2, 0) is 11.3 Å². The van der Waals surface area contributed by atoms with Gasteiger partial charge in [-0.1, -0.05) is 6.07 Å². The van der Waals surface area contributed by atoms with Gasteiger partial charge in [0, 0.05) is 38.0 Å². The SMILES string of the molecule is CCNc1ncccc1CN(C)CC1CCCO1. The Labute approximate surface area is 109 Å². The molecule has 0 saturated carbocycles. The van der Waals surface area contributed by atoms with E-state index in [4.69, 9.17) is 4.74 Å². The summed E-state index contributed by atoms with van der Waals surface area (Å²) in [6.07, 6.45) is 4.64. The predicted octanol–water partition coefficient (Wildman–Crippen LogP) is 2.12. The molecular weight excluding hydrogens is 226 g/mol. The molecule has 0 aliphatic carbocycles. The molecule has 2 rings (SSSR count). The predicted molar refractivity (Wildman–Crippen MR) is 73.7 cm³/mol. The molecule has 1 fully saturated rings. The van der Waals surface area contributed by atoms with Gasteiger partial charge in [0.2, 0.25) is 0 Å². The van der Waals surface area contributed by atoms with Crippen molar-refractivity contribution in [3.63, 3.8) is 0 Å². The third-order valence-corrected chi connectivity index (χ3v) is 3.22. The number of ether oxygens (including phenoxy) is 1. The summed E-state index contributed by atoms with van der Waals surface area (Å²) in [7, 11) is 2.14. The van der Waals surface area contributed by atoms with Crippen LogP contribution in [0.25, 0.3) is 0 Å². The molecule has 100 valence electrons. The normalized spacial score (nSPS) is 19.4. The molecule has 1 aliphatic rings. The molecule has 1 saturated heterocycles. The Morgan fingerprint density at radius 3 is 3.17 bits per heavy atom. The second-order valence-electron chi connectivity index (χ2n) is 4.87. The Bertz CT molecular complexity index is 364. The summed E-state index contributed by atoms with van der Waals surface area (Å²) in [5, 5.41) is 3.31. The number of pyridine rings is 1. The average Bonchev–Trinajstić information content (AvgIpc) is 2.84. The highest BCUT2D eigenvalue weighted by atomic mass is 16.5. The molecular formula is C14H23N3O. The largest absolute Gasteiger partial charge is 0.377 e. The van der Waals surface area contributed by atoms with Crippen LogP contribution >= 0.6 is 0 Å². The van der Waals surface area contributed by atoms with Crippen LogP contribution in [-0.4, -0.2) is 42.7 Å². The molecule has 1 aromatic heterocycles. The van der Waals surface area contributed by atoms with E-state index in [1.807, 2.05) is 12.3 Å². The average molecular weight is 249 g/mol. The molecule has 1 N–H and O–H groups in total. The third-order valence-electron chi connectivity index (χ3n) is 3.22. The molecule has 4 nitrogen and oxygen atoms in total. The number of aromatic nitrogens is 1. The molecule has 0 amide bonds. The number of rotatable bonds is 6. The Balaban J connectivity index is 1.90. The highest BCUT2D eigenvalue weighted by molar-refractivity contribution is 5.43. The second-order valence-corrected chi connectivity index (χ2v) is 4.87. The van der Waals surface area contributed by atoms with Gasteiger partial charge in [-0.3, -0.25) is 4.90 Å². The first-order chi connectivity index (χ1) is 8.79. The summed E-state index contributed by atoms with van der Waals surface area (Å²) in [6.45, 7) is 5.83. The van der Waals surface area contributed by atoms with Crippen molar-refractivity contribution in [1.82, 2.24) is 9.88 Å². The minimum atomic E-state index is 0.411. The topological polar surface area (TPSA) is 37.4 Å². The summed E-state index contributed by atoms with van der Waals surface area (Å²) >= 11 is 0. The Kier molecular flexibility index (Phi) is 4.96. The zero-order valence-electron chi connectivity index (χ0n) is 11.4. The molecule has 0 aromatic carbocycles. The minimum absolute atomic E-state index is 0.411. The zero-order chi connectivity index (χ0) is 12.8. The third kappa shape index (κ3) is 3.68. The maximum atomic E-state index is 5.67. The smallest absolute Gasteiger partial charge is 0.130 e. The van der Waals surface area contributed by atoms with E-state index in [2.05, 4.69) is 35.2 Å². The van der Waals surface area contributed by atoms with Gasteiger partial charge in [-0.15, -0.1) is 0 Å². The van der Waals surface area contributed by atoms with Crippen molar-refractivity contribution in [1.29, 1.82) is 0 Å². The molecule has 0 radical (unpaired) electrons. The van der Waals surface area contributed by atoms with Crippen LogP contribution in [0.4, 0.5) is 5.82 Å². The van der Waals surface area contributed by atoms with Gasteiger partial charge in [-0.05, 0) is 32.9 Å².